The zero-order valence-corrected chi connectivity index (χ0v) is 14.7. The fraction of sp³-hybridized carbons (Fsp3) is 0.278. The molecule has 130 valence electrons. The van der Waals surface area contributed by atoms with Crippen molar-refractivity contribution in [3.63, 3.8) is 0 Å². The van der Waals surface area contributed by atoms with Gasteiger partial charge in [0.2, 0.25) is 0 Å². The van der Waals surface area contributed by atoms with Gasteiger partial charge in [-0.2, -0.15) is 5.10 Å². The molecule has 7 heteroatoms. The summed E-state index contributed by atoms with van der Waals surface area (Å²) in [4.78, 5) is 15.3. The molecule has 3 rings (SSSR count). The van der Waals surface area contributed by atoms with Gasteiger partial charge in [0.1, 0.15) is 5.75 Å². The molecule has 0 aliphatic heterocycles. The topological polar surface area (TPSA) is 77.2 Å². The maximum atomic E-state index is 11.1. The maximum absolute atomic E-state index is 11.1. The number of carboxylic acids is 1. The average molecular weight is 360 g/mol. The Hall–Kier alpha value is -2.60. The lowest BCUT2D eigenvalue weighted by Gasteiger charge is -2.14. The van der Waals surface area contributed by atoms with Gasteiger partial charge >= 0.3 is 5.97 Å². The first-order chi connectivity index (χ1) is 11.9. The highest BCUT2D eigenvalue weighted by atomic mass is 35.5. The Labute approximate surface area is 150 Å². The summed E-state index contributed by atoms with van der Waals surface area (Å²) in [5.74, 6) is 0.149. The van der Waals surface area contributed by atoms with Gasteiger partial charge in [-0.05, 0) is 30.2 Å². The number of carboxylic acid groups (broad SMARTS) is 1. The number of aromatic nitrogens is 3. The second kappa shape index (κ2) is 7.11. The van der Waals surface area contributed by atoms with E-state index in [0.717, 1.165) is 11.3 Å². The SMILES string of the molecule is CC(C)COc1ccc(Cl)cc1Cn1ncc2cc(C(=O)O)cnc21. The number of benzene rings is 1. The van der Waals surface area contributed by atoms with Crippen LogP contribution in [0.25, 0.3) is 11.0 Å². The maximum Gasteiger partial charge on any atom is 0.337 e. The Kier molecular flexibility index (Phi) is 4.90. The quantitative estimate of drug-likeness (QED) is 0.723. The van der Waals surface area contributed by atoms with Crippen molar-refractivity contribution in [2.24, 2.45) is 5.92 Å². The Balaban J connectivity index is 1.93. The molecule has 0 unspecified atom stereocenters. The smallest absolute Gasteiger partial charge is 0.337 e. The third kappa shape index (κ3) is 3.91. The minimum atomic E-state index is -1.01. The molecule has 1 N–H and O–H groups in total. The number of hydrogen-bond acceptors (Lipinski definition) is 4. The van der Waals surface area contributed by atoms with E-state index in [1.807, 2.05) is 12.1 Å². The summed E-state index contributed by atoms with van der Waals surface area (Å²) in [5.41, 5.74) is 1.64. The standard InChI is InChI=1S/C18H18ClN3O3/c1-11(2)10-25-16-4-3-15(19)6-14(16)9-22-17-12(8-21-22)5-13(7-20-17)18(23)24/h3-8,11H,9-10H2,1-2H3,(H,23,24). The molecule has 6 nitrogen and oxygen atoms in total. The van der Waals surface area contributed by atoms with Gasteiger partial charge in [-0.3, -0.25) is 0 Å². The first-order valence-corrected chi connectivity index (χ1v) is 8.28. The highest BCUT2D eigenvalue weighted by Gasteiger charge is 2.12. The van der Waals surface area contributed by atoms with Crippen molar-refractivity contribution < 1.29 is 14.6 Å². The minimum Gasteiger partial charge on any atom is -0.493 e. The lowest BCUT2D eigenvalue weighted by atomic mass is 10.2. The predicted molar refractivity (Wildman–Crippen MR) is 95.4 cm³/mol. The lowest BCUT2D eigenvalue weighted by molar-refractivity contribution is 0.0696. The van der Waals surface area contributed by atoms with Crippen molar-refractivity contribution in [1.82, 2.24) is 14.8 Å². The van der Waals surface area contributed by atoms with Crippen molar-refractivity contribution in [2.75, 3.05) is 6.61 Å². The van der Waals surface area contributed by atoms with Crippen LogP contribution in [0.2, 0.25) is 5.02 Å². The largest absolute Gasteiger partial charge is 0.493 e. The summed E-state index contributed by atoms with van der Waals surface area (Å²) in [6.45, 7) is 5.20. The van der Waals surface area contributed by atoms with Crippen molar-refractivity contribution in [2.45, 2.75) is 20.4 Å². The molecule has 0 aliphatic rings. The Morgan fingerprint density at radius 1 is 1.32 bits per heavy atom. The van der Waals surface area contributed by atoms with E-state index in [1.165, 1.54) is 6.20 Å². The first kappa shape index (κ1) is 17.2. The van der Waals surface area contributed by atoms with Gasteiger partial charge in [-0.15, -0.1) is 0 Å². The third-order valence-corrected chi connectivity index (χ3v) is 3.87. The molecule has 0 saturated carbocycles. The van der Waals surface area contributed by atoms with Crippen LogP contribution in [0, 0.1) is 5.92 Å². The number of aromatic carboxylic acids is 1. The van der Waals surface area contributed by atoms with Crippen LogP contribution < -0.4 is 4.74 Å². The van der Waals surface area contributed by atoms with Gasteiger partial charge < -0.3 is 9.84 Å². The van der Waals surface area contributed by atoms with E-state index in [-0.39, 0.29) is 5.56 Å². The second-order valence-corrected chi connectivity index (χ2v) is 6.64. The number of pyridine rings is 1. The Bertz CT molecular complexity index is 921. The molecule has 25 heavy (non-hydrogen) atoms. The monoisotopic (exact) mass is 359 g/mol. The molecular formula is C18H18ClN3O3. The molecule has 3 aromatic rings. The van der Waals surface area contributed by atoms with Crippen molar-refractivity contribution in [1.29, 1.82) is 0 Å². The number of ether oxygens (including phenoxy) is 1. The van der Waals surface area contributed by atoms with Gasteiger partial charge in [0.25, 0.3) is 0 Å². The molecule has 0 fully saturated rings. The van der Waals surface area contributed by atoms with E-state index in [1.54, 1.807) is 23.0 Å². The second-order valence-electron chi connectivity index (χ2n) is 6.20. The number of rotatable bonds is 6. The molecule has 0 atom stereocenters. The summed E-state index contributed by atoms with van der Waals surface area (Å²) in [6.07, 6.45) is 2.94. The number of halogens is 1. The Morgan fingerprint density at radius 3 is 2.84 bits per heavy atom. The van der Waals surface area contributed by atoms with Crippen molar-refractivity contribution in [3.05, 3.63) is 52.8 Å². The van der Waals surface area contributed by atoms with E-state index in [9.17, 15) is 4.79 Å². The summed E-state index contributed by atoms with van der Waals surface area (Å²) < 4.78 is 7.57. The van der Waals surface area contributed by atoms with Crippen molar-refractivity contribution >= 4 is 28.6 Å². The van der Waals surface area contributed by atoms with Gasteiger partial charge in [0.05, 0.1) is 24.9 Å². The molecule has 1 aromatic carbocycles. The van der Waals surface area contributed by atoms with Crippen LogP contribution in [0.4, 0.5) is 0 Å². The summed E-state index contributed by atoms with van der Waals surface area (Å²) in [5, 5.41) is 14.7. The van der Waals surface area contributed by atoms with Crippen LogP contribution in [0.15, 0.2) is 36.7 Å². The fourth-order valence-electron chi connectivity index (χ4n) is 2.43. The number of carbonyl (C=O) groups is 1. The molecule has 2 heterocycles. The zero-order chi connectivity index (χ0) is 18.0. The molecule has 2 aromatic heterocycles. The molecule has 0 amide bonds. The van der Waals surface area contributed by atoms with Crippen LogP contribution in [0.1, 0.15) is 29.8 Å². The first-order valence-electron chi connectivity index (χ1n) is 7.90. The highest BCUT2D eigenvalue weighted by Crippen LogP contribution is 2.25. The van der Waals surface area contributed by atoms with E-state index in [4.69, 9.17) is 21.4 Å². The number of nitrogens with zero attached hydrogens (tertiary/aromatic N) is 3. The molecule has 0 saturated heterocycles. The average Bonchev–Trinajstić information content (AvgIpc) is 2.96. The van der Waals surface area contributed by atoms with Crippen LogP contribution in [0.5, 0.6) is 5.75 Å². The number of fused-ring (bicyclic) bond motifs is 1. The molecule has 0 aliphatic carbocycles. The van der Waals surface area contributed by atoms with Crippen molar-refractivity contribution in [3.8, 4) is 5.75 Å². The summed E-state index contributed by atoms with van der Waals surface area (Å²) >= 11 is 6.13. The minimum absolute atomic E-state index is 0.135. The lowest BCUT2D eigenvalue weighted by Crippen LogP contribution is -2.09. The van der Waals surface area contributed by atoms with Gasteiger partial charge in [0, 0.05) is 22.2 Å². The number of hydrogen-bond donors (Lipinski definition) is 1. The van der Waals surface area contributed by atoms with Crippen LogP contribution in [-0.2, 0) is 6.54 Å². The van der Waals surface area contributed by atoms with Gasteiger partial charge in [-0.25, -0.2) is 14.5 Å². The van der Waals surface area contributed by atoms with Crippen LogP contribution in [0.3, 0.4) is 0 Å². The Morgan fingerprint density at radius 2 is 2.12 bits per heavy atom. The van der Waals surface area contributed by atoms with Crippen LogP contribution >= 0.6 is 11.6 Å². The van der Waals surface area contributed by atoms with E-state index in [0.29, 0.717) is 35.1 Å². The molecule has 0 radical (unpaired) electrons. The fourth-order valence-corrected chi connectivity index (χ4v) is 2.63. The van der Waals surface area contributed by atoms with Gasteiger partial charge in [0.15, 0.2) is 5.65 Å². The molecular weight excluding hydrogens is 342 g/mol. The van der Waals surface area contributed by atoms with E-state index >= 15 is 0 Å². The normalized spacial score (nSPS) is 11.2. The summed E-state index contributed by atoms with van der Waals surface area (Å²) in [6, 6.07) is 7.04. The zero-order valence-electron chi connectivity index (χ0n) is 13.9. The summed E-state index contributed by atoms with van der Waals surface area (Å²) in [7, 11) is 0. The van der Waals surface area contributed by atoms with Gasteiger partial charge in [-0.1, -0.05) is 25.4 Å². The molecule has 0 spiro atoms. The van der Waals surface area contributed by atoms with Crippen LogP contribution in [-0.4, -0.2) is 32.4 Å². The van der Waals surface area contributed by atoms with E-state index in [2.05, 4.69) is 23.9 Å². The van der Waals surface area contributed by atoms with E-state index < -0.39 is 5.97 Å². The molecule has 0 bridgehead atoms. The highest BCUT2D eigenvalue weighted by molar-refractivity contribution is 6.30. The third-order valence-electron chi connectivity index (χ3n) is 3.64. The predicted octanol–water partition coefficient (Wildman–Crippen LogP) is 3.87.